The topological polar surface area (TPSA) is 70.9 Å². The highest BCUT2D eigenvalue weighted by atomic mass is 79.9. The van der Waals surface area contributed by atoms with Crippen molar-refractivity contribution in [3.05, 3.63) is 84.7 Å². The van der Waals surface area contributed by atoms with Gasteiger partial charge in [0, 0.05) is 21.2 Å². The molecule has 0 spiro atoms. The van der Waals surface area contributed by atoms with Gasteiger partial charge in [-0.1, -0.05) is 52.3 Å². The molecule has 2 N–H and O–H groups in total. The van der Waals surface area contributed by atoms with Crippen molar-refractivity contribution in [2.24, 2.45) is 5.10 Å². The number of benzene rings is 3. The van der Waals surface area contributed by atoms with Gasteiger partial charge in [0.2, 0.25) is 0 Å². The fourth-order valence-corrected chi connectivity index (χ4v) is 5.46. The summed E-state index contributed by atoms with van der Waals surface area (Å²) in [5.41, 5.74) is 4.77. The van der Waals surface area contributed by atoms with Gasteiger partial charge in [-0.2, -0.15) is 5.10 Å². The summed E-state index contributed by atoms with van der Waals surface area (Å²) in [6, 6.07) is 16.6. The SMILES string of the molecule is O=C(N/N=C\c1c(Br)cc(Br)c(O)c1Br)C1c2ccccc2Oc2ccccc21. The van der Waals surface area contributed by atoms with Crippen LogP contribution in [0.5, 0.6) is 17.2 Å². The number of carbonyl (C=O) groups is 1. The summed E-state index contributed by atoms with van der Waals surface area (Å²) in [4.78, 5) is 13.0. The number of ether oxygens (including phenoxy) is 1. The molecule has 8 heteroatoms. The number of nitrogens with one attached hydrogen (secondary N) is 1. The van der Waals surface area contributed by atoms with Crippen LogP contribution in [0, 0.1) is 0 Å². The number of phenols is 1. The Morgan fingerprint density at radius 3 is 2.21 bits per heavy atom. The second kappa shape index (κ2) is 8.30. The van der Waals surface area contributed by atoms with Crippen molar-refractivity contribution in [2.45, 2.75) is 5.92 Å². The van der Waals surface area contributed by atoms with E-state index in [1.54, 1.807) is 6.07 Å². The van der Waals surface area contributed by atoms with Gasteiger partial charge >= 0.3 is 0 Å². The molecule has 4 rings (SSSR count). The van der Waals surface area contributed by atoms with Gasteiger partial charge in [-0.25, -0.2) is 5.43 Å². The summed E-state index contributed by atoms with van der Waals surface area (Å²) in [7, 11) is 0. The number of nitrogens with zero attached hydrogens (tertiary/aromatic N) is 1. The number of para-hydroxylation sites is 2. The summed E-state index contributed by atoms with van der Waals surface area (Å²) >= 11 is 10.0. The van der Waals surface area contributed by atoms with Gasteiger partial charge in [0.25, 0.3) is 5.91 Å². The summed E-state index contributed by atoms with van der Waals surface area (Å²) in [5.74, 6) is 0.530. The van der Waals surface area contributed by atoms with Crippen LogP contribution >= 0.6 is 47.8 Å². The van der Waals surface area contributed by atoms with Crippen LogP contribution in [0.25, 0.3) is 0 Å². The standard InChI is InChI=1S/C21H13Br3N2O3/c22-14-9-15(23)20(27)19(24)13(14)10-25-26-21(28)18-11-5-1-3-7-16(11)29-17-8-4-2-6-12(17)18/h1-10,18,27H,(H,26,28)/b25-10-. The van der Waals surface area contributed by atoms with Crippen LogP contribution in [0.2, 0.25) is 0 Å². The molecule has 0 bridgehead atoms. The largest absolute Gasteiger partial charge is 0.506 e. The van der Waals surface area contributed by atoms with E-state index < -0.39 is 5.92 Å². The Bertz CT molecular complexity index is 1100. The number of fused-ring (bicyclic) bond motifs is 2. The number of hydrogen-bond acceptors (Lipinski definition) is 4. The maximum atomic E-state index is 13.0. The van der Waals surface area contributed by atoms with Crippen molar-refractivity contribution in [3.63, 3.8) is 0 Å². The van der Waals surface area contributed by atoms with E-state index in [9.17, 15) is 9.90 Å². The zero-order chi connectivity index (χ0) is 20.5. The van der Waals surface area contributed by atoms with E-state index in [1.807, 2.05) is 48.5 Å². The number of rotatable bonds is 3. The minimum atomic E-state index is -0.543. The van der Waals surface area contributed by atoms with Crippen LogP contribution in [-0.2, 0) is 4.79 Å². The number of hydrazone groups is 1. The molecule has 1 aliphatic rings. The third-order valence-corrected chi connectivity index (χ3v) is 6.56. The molecule has 1 amide bonds. The summed E-state index contributed by atoms with van der Waals surface area (Å²) < 4.78 is 7.62. The van der Waals surface area contributed by atoms with Gasteiger partial charge in [0.1, 0.15) is 17.2 Å². The molecule has 0 fully saturated rings. The summed E-state index contributed by atoms with van der Waals surface area (Å²) in [6.07, 6.45) is 1.47. The zero-order valence-electron chi connectivity index (χ0n) is 14.7. The quantitative estimate of drug-likeness (QED) is 0.292. The maximum absolute atomic E-state index is 13.0. The first kappa shape index (κ1) is 20.1. The second-order valence-electron chi connectivity index (χ2n) is 6.26. The lowest BCUT2D eigenvalue weighted by Crippen LogP contribution is -2.28. The molecule has 0 aliphatic carbocycles. The predicted molar refractivity (Wildman–Crippen MR) is 122 cm³/mol. The Balaban J connectivity index is 1.64. The van der Waals surface area contributed by atoms with E-state index >= 15 is 0 Å². The van der Waals surface area contributed by atoms with Crippen LogP contribution in [0.3, 0.4) is 0 Å². The molecule has 0 saturated heterocycles. The number of aromatic hydroxyl groups is 1. The fourth-order valence-electron chi connectivity index (χ4n) is 3.13. The van der Waals surface area contributed by atoms with Crippen molar-refractivity contribution in [2.75, 3.05) is 0 Å². The Morgan fingerprint density at radius 2 is 1.59 bits per heavy atom. The van der Waals surface area contributed by atoms with Gasteiger partial charge in [-0.05, 0) is 50.1 Å². The molecule has 0 atom stereocenters. The van der Waals surface area contributed by atoms with Crippen molar-refractivity contribution in [1.29, 1.82) is 0 Å². The van der Waals surface area contributed by atoms with Crippen molar-refractivity contribution < 1.29 is 14.6 Å². The predicted octanol–water partition coefficient (Wildman–Crippen LogP) is 6.07. The Hall–Kier alpha value is -2.16. The van der Waals surface area contributed by atoms with Gasteiger partial charge in [0.15, 0.2) is 0 Å². The first-order valence-electron chi connectivity index (χ1n) is 8.52. The molecule has 5 nitrogen and oxygen atoms in total. The minimum absolute atomic E-state index is 0.0493. The molecule has 1 aliphatic heterocycles. The maximum Gasteiger partial charge on any atom is 0.252 e. The first-order valence-corrected chi connectivity index (χ1v) is 10.9. The number of amides is 1. The van der Waals surface area contributed by atoms with Crippen molar-refractivity contribution in [3.8, 4) is 17.2 Å². The van der Waals surface area contributed by atoms with E-state index in [-0.39, 0.29) is 11.7 Å². The molecular formula is C21H13Br3N2O3. The van der Waals surface area contributed by atoms with Crippen LogP contribution in [0.15, 0.2) is 73.1 Å². The highest BCUT2D eigenvalue weighted by molar-refractivity contribution is 9.11. The Kier molecular flexibility index (Phi) is 5.76. The summed E-state index contributed by atoms with van der Waals surface area (Å²) in [6.45, 7) is 0. The van der Waals surface area contributed by atoms with E-state index in [0.717, 1.165) is 11.1 Å². The molecule has 1 heterocycles. The molecule has 0 aromatic heterocycles. The lowest BCUT2D eigenvalue weighted by atomic mass is 9.87. The molecular weight excluding hydrogens is 568 g/mol. The Morgan fingerprint density at radius 1 is 1.00 bits per heavy atom. The van der Waals surface area contributed by atoms with E-state index in [2.05, 4.69) is 58.3 Å². The van der Waals surface area contributed by atoms with Gasteiger partial charge in [-0.3, -0.25) is 4.79 Å². The monoisotopic (exact) mass is 578 g/mol. The highest BCUT2D eigenvalue weighted by Gasteiger charge is 2.32. The first-order chi connectivity index (χ1) is 14.0. The average Bonchev–Trinajstić information content (AvgIpc) is 2.72. The molecule has 146 valence electrons. The average molecular weight is 581 g/mol. The lowest BCUT2D eigenvalue weighted by Gasteiger charge is -2.26. The van der Waals surface area contributed by atoms with E-state index in [1.165, 1.54) is 6.21 Å². The number of carbonyl (C=O) groups excluding carboxylic acids is 1. The number of halogens is 3. The molecule has 29 heavy (non-hydrogen) atoms. The Labute approximate surface area is 192 Å². The molecule has 0 unspecified atom stereocenters. The fraction of sp³-hybridized carbons (Fsp3) is 0.0476. The van der Waals surface area contributed by atoms with Crippen LogP contribution in [0.4, 0.5) is 0 Å². The van der Waals surface area contributed by atoms with Gasteiger partial charge in [-0.15, -0.1) is 0 Å². The highest BCUT2D eigenvalue weighted by Crippen LogP contribution is 2.44. The van der Waals surface area contributed by atoms with Crippen molar-refractivity contribution in [1.82, 2.24) is 5.43 Å². The number of phenolic OH excluding ortho intramolecular Hbond substituents is 1. The summed E-state index contributed by atoms with van der Waals surface area (Å²) in [5, 5.41) is 14.2. The molecule has 3 aromatic rings. The lowest BCUT2D eigenvalue weighted by molar-refractivity contribution is -0.121. The van der Waals surface area contributed by atoms with E-state index in [4.69, 9.17) is 4.74 Å². The van der Waals surface area contributed by atoms with Crippen molar-refractivity contribution >= 4 is 59.9 Å². The smallest absolute Gasteiger partial charge is 0.252 e. The number of hydrogen-bond donors (Lipinski definition) is 2. The van der Waals surface area contributed by atoms with Crippen LogP contribution < -0.4 is 10.2 Å². The van der Waals surface area contributed by atoms with Gasteiger partial charge < -0.3 is 9.84 Å². The normalized spacial score (nSPS) is 12.9. The third-order valence-electron chi connectivity index (χ3n) is 4.49. The van der Waals surface area contributed by atoms with Crippen LogP contribution in [0.1, 0.15) is 22.6 Å². The second-order valence-corrected chi connectivity index (χ2v) is 8.76. The minimum Gasteiger partial charge on any atom is -0.506 e. The third kappa shape index (κ3) is 3.84. The zero-order valence-corrected chi connectivity index (χ0v) is 19.5. The molecule has 0 radical (unpaired) electrons. The van der Waals surface area contributed by atoms with Gasteiger partial charge in [0.05, 0.1) is 21.1 Å². The molecule has 3 aromatic carbocycles. The van der Waals surface area contributed by atoms with E-state index in [0.29, 0.717) is 30.5 Å². The molecule has 0 saturated carbocycles. The van der Waals surface area contributed by atoms with Crippen LogP contribution in [-0.4, -0.2) is 17.2 Å².